The second kappa shape index (κ2) is 8.42. The number of anilines is 1. The van der Waals surface area contributed by atoms with Gasteiger partial charge >= 0.3 is 5.97 Å². The zero-order valence-electron chi connectivity index (χ0n) is 12.9. The number of nitrogens with one attached hydrogen (secondary N) is 1. The van der Waals surface area contributed by atoms with E-state index >= 15 is 0 Å². The summed E-state index contributed by atoms with van der Waals surface area (Å²) < 4.78 is 5.09. The van der Waals surface area contributed by atoms with Gasteiger partial charge in [0.05, 0.1) is 12.2 Å². The minimum absolute atomic E-state index is 0.262. The Balaban J connectivity index is 3.06. The lowest BCUT2D eigenvalue weighted by Crippen LogP contribution is -2.13. The Labute approximate surface area is 129 Å². The maximum absolute atomic E-state index is 12.1. The summed E-state index contributed by atoms with van der Waals surface area (Å²) in [5.41, 5.74) is 1.42. The molecule has 1 aromatic rings. The maximum atomic E-state index is 12.1. The van der Waals surface area contributed by atoms with Gasteiger partial charge in [0, 0.05) is 11.0 Å². The average Bonchev–Trinajstić information content (AvgIpc) is 2.74. The van der Waals surface area contributed by atoms with Crippen molar-refractivity contribution in [2.75, 3.05) is 11.9 Å². The van der Waals surface area contributed by atoms with Crippen LogP contribution in [0.25, 0.3) is 0 Å². The van der Waals surface area contributed by atoms with E-state index in [1.165, 1.54) is 17.4 Å². The molecule has 114 valence electrons. The summed E-state index contributed by atoms with van der Waals surface area (Å²) in [6.07, 6.45) is 7.40. The molecule has 0 aliphatic rings. The summed E-state index contributed by atoms with van der Waals surface area (Å²) in [6, 6.07) is 0. The molecule has 0 atom stereocenters. The van der Waals surface area contributed by atoms with Crippen molar-refractivity contribution < 1.29 is 14.3 Å². The van der Waals surface area contributed by atoms with Crippen LogP contribution in [0.15, 0.2) is 24.3 Å². The van der Waals surface area contributed by atoms with Gasteiger partial charge in [-0.1, -0.05) is 25.2 Å². The molecule has 0 spiro atoms. The van der Waals surface area contributed by atoms with Crippen molar-refractivity contribution in [3.8, 4) is 0 Å². The van der Waals surface area contributed by atoms with Gasteiger partial charge in [0.2, 0.25) is 5.91 Å². The van der Waals surface area contributed by atoms with Crippen LogP contribution in [-0.2, 0) is 16.0 Å². The topological polar surface area (TPSA) is 55.4 Å². The third-order valence-corrected chi connectivity index (χ3v) is 3.89. The number of hydrogen-bond acceptors (Lipinski definition) is 4. The van der Waals surface area contributed by atoms with Gasteiger partial charge in [-0.3, -0.25) is 4.79 Å². The van der Waals surface area contributed by atoms with E-state index in [4.69, 9.17) is 4.74 Å². The van der Waals surface area contributed by atoms with Crippen LogP contribution < -0.4 is 5.32 Å². The van der Waals surface area contributed by atoms with Gasteiger partial charge in [0.1, 0.15) is 5.00 Å². The molecule has 1 aromatic heterocycles. The number of carbonyl (C=O) groups is 2. The smallest absolute Gasteiger partial charge is 0.341 e. The molecule has 21 heavy (non-hydrogen) atoms. The van der Waals surface area contributed by atoms with Crippen LogP contribution in [-0.4, -0.2) is 18.5 Å². The standard InChI is InChI=1S/C16H21NO3S/c1-5-8-9-10-13(18)17-15-14(16(19)20-7-3)12(6-2)11(4)21-15/h5,8-10H,6-7H2,1-4H3,(H,17,18)/b8-5+,10-9+. The minimum Gasteiger partial charge on any atom is -0.462 e. The summed E-state index contributed by atoms with van der Waals surface area (Å²) in [6.45, 7) is 7.87. The van der Waals surface area contributed by atoms with Crippen LogP contribution in [0.3, 0.4) is 0 Å². The number of rotatable bonds is 6. The highest BCUT2D eigenvalue weighted by atomic mass is 32.1. The molecule has 0 aliphatic heterocycles. The first-order valence-corrected chi connectivity index (χ1v) is 7.76. The maximum Gasteiger partial charge on any atom is 0.341 e. The van der Waals surface area contributed by atoms with E-state index in [0.717, 1.165) is 16.9 Å². The number of aryl methyl sites for hydroxylation is 1. The molecule has 1 N–H and O–H groups in total. The Morgan fingerprint density at radius 2 is 2.00 bits per heavy atom. The van der Waals surface area contributed by atoms with Gasteiger partial charge in [-0.2, -0.15) is 0 Å². The number of allylic oxidation sites excluding steroid dienone is 3. The summed E-state index contributed by atoms with van der Waals surface area (Å²) in [5.74, 6) is -0.644. The van der Waals surface area contributed by atoms with Crippen molar-refractivity contribution in [3.63, 3.8) is 0 Å². The van der Waals surface area contributed by atoms with Gasteiger partial charge < -0.3 is 10.1 Å². The monoisotopic (exact) mass is 307 g/mol. The number of thiophene rings is 1. The molecule has 1 rings (SSSR count). The van der Waals surface area contributed by atoms with E-state index in [2.05, 4.69) is 5.32 Å². The number of esters is 1. The van der Waals surface area contributed by atoms with Crippen molar-refractivity contribution in [1.82, 2.24) is 0 Å². The average molecular weight is 307 g/mol. The summed E-state index contributed by atoms with van der Waals surface area (Å²) in [7, 11) is 0. The normalized spacial score (nSPS) is 11.2. The van der Waals surface area contributed by atoms with Crippen molar-refractivity contribution in [2.45, 2.75) is 34.1 Å². The molecule has 0 bridgehead atoms. The molecule has 5 heteroatoms. The van der Waals surface area contributed by atoms with Crippen LogP contribution in [0.1, 0.15) is 41.6 Å². The largest absolute Gasteiger partial charge is 0.462 e. The second-order valence-corrected chi connectivity index (χ2v) is 5.51. The highest BCUT2D eigenvalue weighted by Crippen LogP contribution is 2.34. The van der Waals surface area contributed by atoms with Crippen molar-refractivity contribution in [3.05, 3.63) is 40.3 Å². The van der Waals surface area contributed by atoms with Crippen LogP contribution >= 0.6 is 11.3 Å². The van der Waals surface area contributed by atoms with Crippen molar-refractivity contribution in [1.29, 1.82) is 0 Å². The van der Waals surface area contributed by atoms with Crippen LogP contribution in [0.5, 0.6) is 0 Å². The molecular weight excluding hydrogens is 286 g/mol. The Kier molecular flexibility index (Phi) is 6.88. The molecule has 1 heterocycles. The number of carbonyl (C=O) groups excluding carboxylic acids is 2. The molecule has 0 aromatic carbocycles. The SMILES string of the molecule is C/C=C/C=C/C(=O)Nc1sc(C)c(CC)c1C(=O)OCC. The molecule has 0 aliphatic carbocycles. The van der Waals surface area contributed by atoms with Crippen molar-refractivity contribution in [2.24, 2.45) is 0 Å². The van der Waals surface area contributed by atoms with Gasteiger partial charge in [0.25, 0.3) is 0 Å². The van der Waals surface area contributed by atoms with E-state index in [-0.39, 0.29) is 11.9 Å². The van der Waals surface area contributed by atoms with Gasteiger partial charge in [0.15, 0.2) is 0 Å². The molecule has 0 fully saturated rings. The van der Waals surface area contributed by atoms with E-state index in [9.17, 15) is 9.59 Å². The second-order valence-electron chi connectivity index (χ2n) is 4.29. The number of ether oxygens (including phenoxy) is 1. The Morgan fingerprint density at radius 3 is 2.57 bits per heavy atom. The van der Waals surface area contributed by atoms with E-state index < -0.39 is 0 Å². The Bertz CT molecular complexity index is 570. The van der Waals surface area contributed by atoms with Crippen LogP contribution in [0.4, 0.5) is 5.00 Å². The molecule has 1 amide bonds. The third kappa shape index (κ3) is 4.56. The first-order valence-electron chi connectivity index (χ1n) is 6.94. The minimum atomic E-state index is -0.383. The zero-order valence-corrected chi connectivity index (χ0v) is 13.7. The third-order valence-electron chi connectivity index (χ3n) is 2.83. The Hall–Kier alpha value is -1.88. The van der Waals surface area contributed by atoms with Crippen LogP contribution in [0.2, 0.25) is 0 Å². The fourth-order valence-electron chi connectivity index (χ4n) is 1.92. The first-order chi connectivity index (χ1) is 10.0. The quantitative estimate of drug-likeness (QED) is 0.493. The highest BCUT2D eigenvalue weighted by Gasteiger charge is 2.22. The lowest BCUT2D eigenvalue weighted by molar-refractivity contribution is -0.111. The van der Waals surface area contributed by atoms with E-state index in [1.807, 2.05) is 26.8 Å². The molecular formula is C16H21NO3S. The van der Waals surface area contributed by atoms with Crippen LogP contribution in [0, 0.1) is 6.92 Å². The number of amides is 1. The van der Waals surface area contributed by atoms with Crippen molar-refractivity contribution >= 4 is 28.2 Å². The fourth-order valence-corrected chi connectivity index (χ4v) is 3.06. The highest BCUT2D eigenvalue weighted by molar-refractivity contribution is 7.16. The molecule has 0 radical (unpaired) electrons. The predicted octanol–water partition coefficient (Wildman–Crippen LogP) is 3.87. The lowest BCUT2D eigenvalue weighted by atomic mass is 10.1. The predicted molar refractivity (Wildman–Crippen MR) is 87.0 cm³/mol. The molecule has 0 saturated carbocycles. The fraction of sp³-hybridized carbons (Fsp3) is 0.375. The molecule has 4 nitrogen and oxygen atoms in total. The van der Waals surface area contributed by atoms with E-state index in [1.54, 1.807) is 19.1 Å². The molecule has 0 unspecified atom stereocenters. The molecule has 0 saturated heterocycles. The zero-order chi connectivity index (χ0) is 15.8. The first kappa shape index (κ1) is 17.2. The van der Waals surface area contributed by atoms with Gasteiger partial charge in [-0.15, -0.1) is 11.3 Å². The summed E-state index contributed by atoms with van der Waals surface area (Å²) in [5, 5.41) is 3.32. The van der Waals surface area contributed by atoms with Gasteiger partial charge in [-0.05, 0) is 32.8 Å². The summed E-state index contributed by atoms with van der Waals surface area (Å²) >= 11 is 1.40. The number of hydrogen-bond donors (Lipinski definition) is 1. The Morgan fingerprint density at radius 1 is 1.29 bits per heavy atom. The van der Waals surface area contributed by atoms with E-state index in [0.29, 0.717) is 17.2 Å². The van der Waals surface area contributed by atoms with Gasteiger partial charge in [-0.25, -0.2) is 4.79 Å². The summed E-state index contributed by atoms with van der Waals surface area (Å²) in [4.78, 5) is 25.0. The lowest BCUT2D eigenvalue weighted by Gasteiger charge is -2.06.